The van der Waals surface area contributed by atoms with Crippen LogP contribution in [0.3, 0.4) is 0 Å². The van der Waals surface area contributed by atoms with E-state index in [9.17, 15) is 0 Å². The van der Waals surface area contributed by atoms with E-state index in [2.05, 4.69) is 42.9 Å². The van der Waals surface area contributed by atoms with Gasteiger partial charge in [0.2, 0.25) is 0 Å². The fourth-order valence-electron chi connectivity index (χ4n) is 0.729. The molecule has 1 heterocycles. The van der Waals surface area contributed by atoms with Gasteiger partial charge in [-0.05, 0) is 0 Å². The molecule has 1 aromatic rings. The molecule has 0 aromatic carbocycles. The normalized spacial score (nSPS) is 10.4. The van der Waals surface area contributed by atoms with Crippen LogP contribution in [0, 0.1) is 0 Å². The van der Waals surface area contributed by atoms with Gasteiger partial charge < -0.3 is 0 Å². The molecular weight excluding hydrogens is 297 g/mol. The standard InChI is InChI=1S/C5H3BrN.2CH3.Sn.H/c6-5-2-1-3-7-4-5;;;;/h1-2,4H;2*1H3;;. The van der Waals surface area contributed by atoms with Crippen molar-refractivity contribution in [2.24, 2.45) is 0 Å². The average Bonchev–Trinajstić information content (AvgIpc) is 1.88. The van der Waals surface area contributed by atoms with Crippen LogP contribution >= 0.6 is 15.9 Å². The van der Waals surface area contributed by atoms with Gasteiger partial charge in [-0.3, -0.25) is 0 Å². The summed E-state index contributed by atoms with van der Waals surface area (Å²) < 4.78 is 2.42. The maximum absolute atomic E-state index is 4.32. The van der Waals surface area contributed by atoms with Crippen LogP contribution in [-0.4, -0.2) is 24.7 Å². The van der Waals surface area contributed by atoms with E-state index >= 15 is 0 Å². The van der Waals surface area contributed by atoms with Gasteiger partial charge in [0.25, 0.3) is 0 Å². The molecule has 0 aliphatic heterocycles. The van der Waals surface area contributed by atoms with Crippen LogP contribution < -0.4 is 3.71 Å². The number of halogens is 1. The number of rotatable bonds is 1. The third-order valence-corrected chi connectivity index (χ3v) is 6.16. The summed E-state index contributed by atoms with van der Waals surface area (Å²) in [6, 6.07) is 4.20. The SMILES string of the molecule is [CH3][SnH]([CH3])[c]1ccc(Br)cn1. The molecule has 1 nitrogen and oxygen atoms in total. The van der Waals surface area contributed by atoms with Crippen molar-refractivity contribution in [3.8, 4) is 0 Å². The molecule has 1 aromatic heterocycles. The Bertz CT molecular complexity index is 207. The predicted molar refractivity (Wildman–Crippen MR) is 50.4 cm³/mol. The van der Waals surface area contributed by atoms with Crippen molar-refractivity contribution in [2.45, 2.75) is 9.88 Å². The van der Waals surface area contributed by atoms with E-state index in [1.54, 1.807) is 0 Å². The summed E-state index contributed by atoms with van der Waals surface area (Å²) in [6.07, 6.45) is 1.88. The Hall–Kier alpha value is 0.429. The molecule has 0 amide bonds. The van der Waals surface area contributed by atoms with E-state index in [4.69, 9.17) is 0 Å². The Morgan fingerprint density at radius 3 is 2.50 bits per heavy atom. The number of hydrogen-bond donors (Lipinski definition) is 0. The Labute approximate surface area is 76.7 Å². The molecule has 0 radical (unpaired) electrons. The van der Waals surface area contributed by atoms with Gasteiger partial charge in [0, 0.05) is 0 Å². The second-order valence-electron chi connectivity index (χ2n) is 2.56. The first kappa shape index (κ1) is 8.52. The Balaban J connectivity index is 2.89. The molecule has 0 saturated carbocycles. The Kier molecular flexibility index (Phi) is 3.17. The minimum atomic E-state index is -1.30. The first-order valence-corrected chi connectivity index (χ1v) is 12.3. The quantitative estimate of drug-likeness (QED) is 0.717. The molecule has 0 atom stereocenters. The topological polar surface area (TPSA) is 12.9 Å². The third-order valence-electron chi connectivity index (χ3n) is 1.34. The van der Waals surface area contributed by atoms with Crippen LogP contribution in [0.2, 0.25) is 9.88 Å². The number of pyridine rings is 1. The van der Waals surface area contributed by atoms with Gasteiger partial charge in [-0.15, -0.1) is 0 Å². The summed E-state index contributed by atoms with van der Waals surface area (Å²) in [5.41, 5.74) is 0. The van der Waals surface area contributed by atoms with Crippen molar-refractivity contribution in [2.75, 3.05) is 0 Å². The van der Waals surface area contributed by atoms with E-state index < -0.39 is 19.8 Å². The molecule has 0 saturated heterocycles. The molecule has 3 heteroatoms. The number of aromatic nitrogens is 1. The van der Waals surface area contributed by atoms with Gasteiger partial charge in [0.05, 0.1) is 0 Å². The first-order valence-electron chi connectivity index (χ1n) is 3.31. The molecule has 0 aliphatic rings. The molecule has 0 aliphatic carbocycles. The van der Waals surface area contributed by atoms with Crippen molar-refractivity contribution in [3.63, 3.8) is 0 Å². The van der Waals surface area contributed by atoms with Gasteiger partial charge in [-0.2, -0.15) is 0 Å². The third kappa shape index (κ3) is 2.23. The van der Waals surface area contributed by atoms with Crippen molar-refractivity contribution >= 4 is 39.4 Å². The van der Waals surface area contributed by atoms with Crippen LogP contribution in [0.5, 0.6) is 0 Å². The average molecular weight is 307 g/mol. The molecule has 1 rings (SSSR count). The predicted octanol–water partition coefficient (Wildman–Crippen LogP) is 1.54. The van der Waals surface area contributed by atoms with E-state index in [-0.39, 0.29) is 0 Å². The van der Waals surface area contributed by atoms with Gasteiger partial charge in [0.1, 0.15) is 0 Å². The molecule has 0 bridgehead atoms. The summed E-state index contributed by atoms with van der Waals surface area (Å²) in [5.74, 6) is 0. The van der Waals surface area contributed by atoms with Crippen LogP contribution in [0.4, 0.5) is 0 Å². The second-order valence-corrected chi connectivity index (χ2v) is 11.8. The summed E-state index contributed by atoms with van der Waals surface area (Å²) >= 11 is 2.06. The van der Waals surface area contributed by atoms with Gasteiger partial charge in [-0.1, -0.05) is 0 Å². The summed E-state index contributed by atoms with van der Waals surface area (Å²) in [4.78, 5) is 9.01. The second kappa shape index (κ2) is 3.71. The van der Waals surface area contributed by atoms with Crippen molar-refractivity contribution in [1.29, 1.82) is 0 Å². The number of nitrogens with zero attached hydrogens (tertiary/aromatic N) is 1. The molecule has 0 spiro atoms. The molecule has 0 N–H and O–H groups in total. The first-order chi connectivity index (χ1) is 4.70. The molecule has 0 fully saturated rings. The van der Waals surface area contributed by atoms with Crippen molar-refractivity contribution in [1.82, 2.24) is 4.98 Å². The van der Waals surface area contributed by atoms with Crippen molar-refractivity contribution < 1.29 is 0 Å². The van der Waals surface area contributed by atoms with Crippen LogP contribution in [-0.2, 0) is 0 Å². The van der Waals surface area contributed by atoms with Gasteiger partial charge in [0.15, 0.2) is 0 Å². The van der Waals surface area contributed by atoms with Crippen LogP contribution in [0.1, 0.15) is 0 Å². The number of hydrogen-bond acceptors (Lipinski definition) is 1. The van der Waals surface area contributed by atoms with E-state index in [1.807, 2.05) is 6.20 Å². The van der Waals surface area contributed by atoms with Gasteiger partial charge >= 0.3 is 77.1 Å². The van der Waals surface area contributed by atoms with Gasteiger partial charge in [-0.25, -0.2) is 0 Å². The molecule has 54 valence electrons. The zero-order valence-electron chi connectivity index (χ0n) is 6.13. The van der Waals surface area contributed by atoms with Crippen LogP contribution in [0.15, 0.2) is 22.8 Å². The molecule has 10 heavy (non-hydrogen) atoms. The minimum absolute atomic E-state index is 1.07. The van der Waals surface area contributed by atoms with Crippen molar-refractivity contribution in [3.05, 3.63) is 22.8 Å². The summed E-state index contributed by atoms with van der Waals surface area (Å²) in [7, 11) is 0. The summed E-state index contributed by atoms with van der Waals surface area (Å²) in [6.45, 7) is 0. The van der Waals surface area contributed by atoms with E-state index in [0.717, 1.165) is 4.47 Å². The monoisotopic (exact) mass is 307 g/mol. The van der Waals surface area contributed by atoms with E-state index in [1.165, 1.54) is 3.71 Å². The zero-order valence-corrected chi connectivity index (χ0v) is 11.0. The Morgan fingerprint density at radius 1 is 1.40 bits per heavy atom. The zero-order chi connectivity index (χ0) is 7.56. The van der Waals surface area contributed by atoms with E-state index in [0.29, 0.717) is 0 Å². The maximum atomic E-state index is 4.32. The fourth-order valence-corrected chi connectivity index (χ4v) is 3.40. The Morgan fingerprint density at radius 2 is 2.10 bits per heavy atom. The van der Waals surface area contributed by atoms with Crippen LogP contribution in [0.25, 0.3) is 0 Å². The molecule has 0 unspecified atom stereocenters. The summed E-state index contributed by atoms with van der Waals surface area (Å²) in [5, 5.41) is 0. The fraction of sp³-hybridized carbons (Fsp3) is 0.286. The molecular formula is C7H10BrNSn.